The molecule has 4 heteroatoms. The molecule has 0 atom stereocenters. The Bertz CT molecular complexity index is 463. The van der Waals surface area contributed by atoms with Crippen molar-refractivity contribution in [3.63, 3.8) is 0 Å². The number of rotatable bonds is 0. The Hall–Kier alpha value is -1.21. The first-order chi connectivity index (χ1) is 7.52. The lowest BCUT2D eigenvalue weighted by Crippen LogP contribution is -2.26. The van der Waals surface area contributed by atoms with Gasteiger partial charge in [0.25, 0.3) is 0 Å². The molecule has 0 fully saturated rings. The number of hydrogen-bond donors (Lipinski definition) is 0. The van der Waals surface area contributed by atoms with Crippen molar-refractivity contribution in [1.29, 1.82) is 5.26 Å². The smallest absolute Gasteiger partial charge is 0.162 e. The van der Waals surface area contributed by atoms with Gasteiger partial charge in [-0.15, -0.1) is 0 Å². The fourth-order valence-corrected chi connectivity index (χ4v) is 1.85. The van der Waals surface area contributed by atoms with Gasteiger partial charge in [0, 0.05) is 16.0 Å². The van der Waals surface area contributed by atoms with Gasteiger partial charge in [0.05, 0.1) is 18.8 Å². The molecular weight excluding hydrogens is 270 g/mol. The van der Waals surface area contributed by atoms with Crippen LogP contribution in [0, 0.1) is 16.7 Å². The van der Waals surface area contributed by atoms with E-state index in [1.807, 2.05) is 0 Å². The lowest BCUT2D eigenvalue weighted by atomic mass is 9.97. The monoisotopic (exact) mass is 281 g/mol. The van der Waals surface area contributed by atoms with E-state index in [0.717, 1.165) is 4.47 Å². The van der Waals surface area contributed by atoms with Crippen LogP contribution in [0.3, 0.4) is 0 Å². The van der Waals surface area contributed by atoms with Crippen molar-refractivity contribution in [3.8, 4) is 17.6 Å². The lowest BCUT2D eigenvalue weighted by Gasteiger charge is -2.19. The van der Waals surface area contributed by atoms with Crippen LogP contribution in [0.15, 0.2) is 16.6 Å². The van der Waals surface area contributed by atoms with E-state index in [-0.39, 0.29) is 5.41 Å². The van der Waals surface area contributed by atoms with Crippen molar-refractivity contribution >= 4 is 15.9 Å². The first-order valence-electron chi connectivity index (χ1n) is 5.01. The number of ether oxygens (including phenoxy) is 2. The van der Waals surface area contributed by atoms with E-state index in [0.29, 0.717) is 30.3 Å². The minimum absolute atomic E-state index is 0.0156. The van der Waals surface area contributed by atoms with Crippen molar-refractivity contribution in [2.24, 2.45) is 5.41 Å². The van der Waals surface area contributed by atoms with Gasteiger partial charge < -0.3 is 9.47 Å². The van der Waals surface area contributed by atoms with Gasteiger partial charge in [-0.05, 0) is 22.0 Å². The number of nitriles is 1. The summed E-state index contributed by atoms with van der Waals surface area (Å²) in [6.07, 6.45) is 0. The zero-order valence-electron chi connectivity index (χ0n) is 9.21. The third-order valence-corrected chi connectivity index (χ3v) is 3.05. The Morgan fingerprint density at radius 1 is 1.25 bits per heavy atom. The standard InChI is InChI=1S/C12H12BrNO2/c1-12(2)6-15-10-3-8(5-14)9(13)4-11(10)16-7-12/h3-4H,6-7H2,1-2H3. The molecule has 1 aliphatic rings. The number of benzene rings is 1. The second-order valence-electron chi connectivity index (χ2n) is 4.63. The molecule has 0 unspecified atom stereocenters. The van der Waals surface area contributed by atoms with Crippen LogP contribution < -0.4 is 9.47 Å². The molecule has 0 radical (unpaired) electrons. The van der Waals surface area contributed by atoms with Crippen LogP contribution in [0.2, 0.25) is 0 Å². The van der Waals surface area contributed by atoms with Crippen molar-refractivity contribution < 1.29 is 9.47 Å². The maximum atomic E-state index is 8.92. The fraction of sp³-hybridized carbons (Fsp3) is 0.417. The summed E-state index contributed by atoms with van der Waals surface area (Å²) in [5.41, 5.74) is 0.542. The molecular formula is C12H12BrNO2. The second kappa shape index (κ2) is 3.99. The first kappa shape index (κ1) is 11.3. The van der Waals surface area contributed by atoms with E-state index in [4.69, 9.17) is 14.7 Å². The van der Waals surface area contributed by atoms with Crippen LogP contribution in [-0.2, 0) is 0 Å². The predicted octanol–water partition coefficient (Wildman–Crippen LogP) is 3.12. The summed E-state index contributed by atoms with van der Waals surface area (Å²) in [6, 6.07) is 5.60. The van der Waals surface area contributed by atoms with E-state index < -0.39 is 0 Å². The summed E-state index contributed by atoms with van der Waals surface area (Å²) in [5.74, 6) is 1.33. The molecule has 0 amide bonds. The summed E-state index contributed by atoms with van der Waals surface area (Å²) >= 11 is 3.33. The number of fused-ring (bicyclic) bond motifs is 1. The number of hydrogen-bond acceptors (Lipinski definition) is 3. The van der Waals surface area contributed by atoms with Gasteiger partial charge in [-0.3, -0.25) is 0 Å². The zero-order chi connectivity index (χ0) is 11.8. The van der Waals surface area contributed by atoms with Gasteiger partial charge in [-0.25, -0.2) is 0 Å². The Morgan fingerprint density at radius 2 is 1.81 bits per heavy atom. The quantitative estimate of drug-likeness (QED) is 0.734. The molecule has 1 aromatic rings. The topological polar surface area (TPSA) is 42.2 Å². The summed E-state index contributed by atoms with van der Waals surface area (Å²) in [7, 11) is 0. The van der Waals surface area contributed by atoms with Gasteiger partial charge in [0.15, 0.2) is 11.5 Å². The predicted molar refractivity (Wildman–Crippen MR) is 63.6 cm³/mol. The fourth-order valence-electron chi connectivity index (χ4n) is 1.43. The molecule has 3 nitrogen and oxygen atoms in total. The Labute approximate surface area is 103 Å². The van der Waals surface area contributed by atoms with Crippen LogP contribution in [0.25, 0.3) is 0 Å². The molecule has 0 saturated carbocycles. The highest BCUT2D eigenvalue weighted by molar-refractivity contribution is 9.10. The summed E-state index contributed by atoms with van der Waals surface area (Å²) in [5, 5.41) is 8.92. The average Bonchev–Trinajstić information content (AvgIpc) is 2.38. The van der Waals surface area contributed by atoms with Gasteiger partial charge in [0.1, 0.15) is 6.07 Å². The minimum Gasteiger partial charge on any atom is -0.489 e. The van der Waals surface area contributed by atoms with E-state index in [1.165, 1.54) is 0 Å². The average molecular weight is 282 g/mol. The summed E-state index contributed by atoms with van der Waals surface area (Å²) < 4.78 is 12.1. The maximum Gasteiger partial charge on any atom is 0.162 e. The molecule has 16 heavy (non-hydrogen) atoms. The summed E-state index contributed by atoms with van der Waals surface area (Å²) in [4.78, 5) is 0. The highest BCUT2D eigenvalue weighted by Gasteiger charge is 2.25. The van der Waals surface area contributed by atoms with E-state index in [9.17, 15) is 0 Å². The highest BCUT2D eigenvalue weighted by Crippen LogP contribution is 2.37. The van der Waals surface area contributed by atoms with Crippen molar-refractivity contribution in [1.82, 2.24) is 0 Å². The van der Waals surface area contributed by atoms with Crippen LogP contribution in [0.1, 0.15) is 19.4 Å². The first-order valence-corrected chi connectivity index (χ1v) is 5.80. The normalized spacial score (nSPS) is 17.4. The van der Waals surface area contributed by atoms with Crippen molar-refractivity contribution in [3.05, 3.63) is 22.2 Å². The molecule has 1 aromatic carbocycles. The highest BCUT2D eigenvalue weighted by atomic mass is 79.9. The lowest BCUT2D eigenvalue weighted by molar-refractivity contribution is 0.140. The summed E-state index contributed by atoms with van der Waals surface area (Å²) in [6.45, 7) is 5.36. The zero-order valence-corrected chi connectivity index (χ0v) is 10.8. The second-order valence-corrected chi connectivity index (χ2v) is 5.49. The largest absolute Gasteiger partial charge is 0.489 e. The third kappa shape index (κ3) is 2.14. The van der Waals surface area contributed by atoms with E-state index in [1.54, 1.807) is 12.1 Å². The number of nitrogens with zero attached hydrogens (tertiary/aromatic N) is 1. The molecule has 84 valence electrons. The molecule has 2 rings (SSSR count). The van der Waals surface area contributed by atoms with Crippen LogP contribution in [-0.4, -0.2) is 13.2 Å². The molecule has 0 spiro atoms. The molecule has 0 bridgehead atoms. The Kier molecular flexibility index (Phi) is 2.81. The molecule has 0 N–H and O–H groups in total. The Balaban J connectivity index is 2.40. The molecule has 0 saturated heterocycles. The molecule has 0 aliphatic carbocycles. The minimum atomic E-state index is -0.0156. The Morgan fingerprint density at radius 3 is 2.38 bits per heavy atom. The molecule has 1 aliphatic heterocycles. The van der Waals surface area contributed by atoms with E-state index in [2.05, 4.69) is 35.8 Å². The van der Waals surface area contributed by atoms with Gasteiger partial charge in [0.2, 0.25) is 0 Å². The number of halogens is 1. The van der Waals surface area contributed by atoms with Crippen molar-refractivity contribution in [2.45, 2.75) is 13.8 Å². The van der Waals surface area contributed by atoms with Crippen molar-refractivity contribution in [2.75, 3.05) is 13.2 Å². The third-order valence-electron chi connectivity index (χ3n) is 2.39. The van der Waals surface area contributed by atoms with Crippen LogP contribution >= 0.6 is 15.9 Å². The van der Waals surface area contributed by atoms with Gasteiger partial charge in [-0.2, -0.15) is 5.26 Å². The van der Waals surface area contributed by atoms with Crippen LogP contribution in [0.4, 0.5) is 0 Å². The van der Waals surface area contributed by atoms with Crippen LogP contribution in [0.5, 0.6) is 11.5 Å². The molecule has 0 aromatic heterocycles. The SMILES string of the molecule is CC1(C)COc2cc(Br)c(C#N)cc2OC1. The van der Waals surface area contributed by atoms with Gasteiger partial charge >= 0.3 is 0 Å². The maximum absolute atomic E-state index is 8.92. The molecule has 1 heterocycles. The van der Waals surface area contributed by atoms with Gasteiger partial charge in [-0.1, -0.05) is 13.8 Å². The van der Waals surface area contributed by atoms with E-state index >= 15 is 0 Å².